The largest absolute Gasteiger partial charge is 0.476 e. The monoisotopic (exact) mass is 222 g/mol. The first-order valence-electron chi connectivity index (χ1n) is 4.68. The predicted molar refractivity (Wildman–Crippen MR) is 52.2 cm³/mol. The van der Waals surface area contributed by atoms with Crippen LogP contribution in [-0.4, -0.2) is 21.4 Å². The van der Waals surface area contributed by atoms with E-state index in [1.807, 2.05) is 6.92 Å². The Balaban J connectivity index is 2.24. The Hall–Kier alpha value is -2.11. The van der Waals surface area contributed by atoms with Crippen LogP contribution in [0.5, 0.6) is 0 Å². The van der Waals surface area contributed by atoms with E-state index in [1.54, 1.807) is 6.92 Å². The van der Waals surface area contributed by atoms with E-state index in [0.717, 1.165) is 11.3 Å². The Bertz CT molecular complexity index is 507. The van der Waals surface area contributed by atoms with E-state index >= 15 is 0 Å². The van der Waals surface area contributed by atoms with Crippen molar-refractivity contribution in [2.75, 3.05) is 0 Å². The number of carboxylic acid groups (broad SMARTS) is 1. The van der Waals surface area contributed by atoms with Crippen molar-refractivity contribution in [2.24, 2.45) is 0 Å². The molecule has 0 bridgehead atoms. The van der Waals surface area contributed by atoms with Crippen molar-refractivity contribution >= 4 is 5.97 Å². The Kier molecular flexibility index (Phi) is 2.47. The molecule has 1 N–H and O–H groups in total. The van der Waals surface area contributed by atoms with Crippen LogP contribution in [0.25, 0.3) is 0 Å². The predicted octanol–water partition coefficient (Wildman–Crippen LogP) is 1.57. The molecule has 0 aromatic carbocycles. The van der Waals surface area contributed by atoms with Crippen LogP contribution in [0.3, 0.4) is 0 Å². The average Bonchev–Trinajstić information content (AvgIpc) is 2.80. The molecule has 2 aromatic rings. The Morgan fingerprint density at radius 1 is 1.38 bits per heavy atom. The number of aryl methyl sites for hydroxylation is 2. The molecule has 0 atom stereocenters. The zero-order chi connectivity index (χ0) is 11.7. The Morgan fingerprint density at radius 2 is 2.12 bits per heavy atom. The maximum absolute atomic E-state index is 10.6. The van der Waals surface area contributed by atoms with Crippen LogP contribution in [0.15, 0.2) is 15.1 Å². The number of carboxylic acids is 1. The van der Waals surface area contributed by atoms with Gasteiger partial charge in [-0.1, -0.05) is 10.3 Å². The first-order chi connectivity index (χ1) is 7.58. The second-order valence-corrected chi connectivity index (χ2v) is 3.46. The Morgan fingerprint density at radius 3 is 2.62 bits per heavy atom. The van der Waals surface area contributed by atoms with E-state index in [2.05, 4.69) is 10.3 Å². The topological polar surface area (TPSA) is 89.4 Å². The van der Waals surface area contributed by atoms with E-state index in [4.69, 9.17) is 14.2 Å². The molecule has 0 aliphatic heterocycles. The fraction of sp³-hybridized carbons (Fsp3) is 0.300. The van der Waals surface area contributed by atoms with Crippen molar-refractivity contribution in [3.8, 4) is 0 Å². The molecule has 6 nitrogen and oxygen atoms in total. The number of carbonyl (C=O) groups is 1. The summed E-state index contributed by atoms with van der Waals surface area (Å²) < 4.78 is 9.90. The molecule has 0 saturated heterocycles. The fourth-order valence-electron chi connectivity index (χ4n) is 1.43. The highest BCUT2D eigenvalue weighted by Gasteiger charge is 2.15. The number of aromatic carboxylic acids is 1. The molecule has 0 radical (unpaired) electrons. The van der Waals surface area contributed by atoms with Crippen LogP contribution in [0.1, 0.15) is 33.3 Å². The molecule has 6 heteroatoms. The normalized spacial score (nSPS) is 10.6. The quantitative estimate of drug-likeness (QED) is 0.847. The van der Waals surface area contributed by atoms with E-state index in [-0.39, 0.29) is 5.69 Å². The summed E-state index contributed by atoms with van der Waals surface area (Å²) in [6.45, 7) is 3.62. The molecule has 2 rings (SSSR count). The van der Waals surface area contributed by atoms with Crippen LogP contribution < -0.4 is 0 Å². The second kappa shape index (κ2) is 3.80. The summed E-state index contributed by atoms with van der Waals surface area (Å²) in [5.41, 5.74) is 1.57. The maximum Gasteiger partial charge on any atom is 0.358 e. The highest BCUT2D eigenvalue weighted by molar-refractivity contribution is 5.85. The van der Waals surface area contributed by atoms with Crippen molar-refractivity contribution in [3.63, 3.8) is 0 Å². The van der Waals surface area contributed by atoms with Gasteiger partial charge in [0, 0.05) is 18.1 Å². The van der Waals surface area contributed by atoms with Gasteiger partial charge < -0.3 is 14.2 Å². The van der Waals surface area contributed by atoms with E-state index in [0.29, 0.717) is 17.9 Å². The van der Waals surface area contributed by atoms with Crippen molar-refractivity contribution in [1.29, 1.82) is 0 Å². The lowest BCUT2D eigenvalue weighted by molar-refractivity contribution is 0.0685. The number of hydrogen-bond acceptors (Lipinski definition) is 5. The lowest BCUT2D eigenvalue weighted by atomic mass is 10.1. The lowest BCUT2D eigenvalue weighted by Crippen LogP contribution is -1.95. The molecule has 16 heavy (non-hydrogen) atoms. The van der Waals surface area contributed by atoms with Gasteiger partial charge in [-0.05, 0) is 13.8 Å². The van der Waals surface area contributed by atoms with E-state index in [1.165, 1.54) is 6.07 Å². The van der Waals surface area contributed by atoms with Gasteiger partial charge in [0.25, 0.3) is 0 Å². The van der Waals surface area contributed by atoms with Gasteiger partial charge in [0.15, 0.2) is 5.69 Å². The van der Waals surface area contributed by atoms with Gasteiger partial charge in [-0.15, -0.1) is 0 Å². The lowest BCUT2D eigenvalue weighted by Gasteiger charge is -1.93. The van der Waals surface area contributed by atoms with Crippen molar-refractivity contribution in [2.45, 2.75) is 20.3 Å². The van der Waals surface area contributed by atoms with Crippen molar-refractivity contribution in [1.82, 2.24) is 10.3 Å². The minimum absolute atomic E-state index is 0.0956. The third-order valence-corrected chi connectivity index (χ3v) is 2.31. The first kappa shape index (κ1) is 10.4. The summed E-state index contributed by atoms with van der Waals surface area (Å²) in [5, 5.41) is 15.9. The Labute approximate surface area is 90.8 Å². The molecule has 0 amide bonds. The number of rotatable bonds is 3. The zero-order valence-corrected chi connectivity index (χ0v) is 8.85. The van der Waals surface area contributed by atoms with Gasteiger partial charge in [-0.25, -0.2) is 4.79 Å². The van der Waals surface area contributed by atoms with Crippen LogP contribution >= 0.6 is 0 Å². The van der Waals surface area contributed by atoms with Crippen LogP contribution in [-0.2, 0) is 6.42 Å². The minimum atomic E-state index is -1.10. The molecular weight excluding hydrogens is 212 g/mol. The standard InChI is InChI=1S/C10H10N2O4/c1-5-8(6(2)15-11-5)3-7-4-9(10(13)14)12-16-7/h4H,3H2,1-2H3,(H,13,14). The fourth-order valence-corrected chi connectivity index (χ4v) is 1.43. The third-order valence-electron chi connectivity index (χ3n) is 2.31. The molecule has 0 aliphatic carbocycles. The molecule has 0 fully saturated rings. The highest BCUT2D eigenvalue weighted by Crippen LogP contribution is 2.17. The highest BCUT2D eigenvalue weighted by atomic mass is 16.5. The van der Waals surface area contributed by atoms with Gasteiger partial charge in [0.1, 0.15) is 11.5 Å². The van der Waals surface area contributed by atoms with Crippen LogP contribution in [0.2, 0.25) is 0 Å². The molecule has 2 heterocycles. The van der Waals surface area contributed by atoms with Gasteiger partial charge in [-0.2, -0.15) is 0 Å². The molecule has 0 spiro atoms. The molecule has 0 unspecified atom stereocenters. The average molecular weight is 222 g/mol. The SMILES string of the molecule is Cc1noc(C)c1Cc1cc(C(=O)O)no1. The number of nitrogens with zero attached hydrogens (tertiary/aromatic N) is 2. The molecule has 84 valence electrons. The smallest absolute Gasteiger partial charge is 0.358 e. The zero-order valence-electron chi connectivity index (χ0n) is 8.85. The van der Waals surface area contributed by atoms with Crippen LogP contribution in [0.4, 0.5) is 0 Å². The van der Waals surface area contributed by atoms with E-state index < -0.39 is 5.97 Å². The molecule has 0 aliphatic rings. The molecule has 0 saturated carbocycles. The maximum atomic E-state index is 10.6. The minimum Gasteiger partial charge on any atom is -0.476 e. The first-order valence-corrected chi connectivity index (χ1v) is 4.68. The summed E-state index contributed by atoms with van der Waals surface area (Å²) in [7, 11) is 0. The van der Waals surface area contributed by atoms with Gasteiger partial charge >= 0.3 is 5.97 Å². The summed E-state index contributed by atoms with van der Waals surface area (Å²) in [5.74, 6) is 0.0753. The molecule has 2 aromatic heterocycles. The number of hydrogen-bond donors (Lipinski definition) is 1. The summed E-state index contributed by atoms with van der Waals surface area (Å²) in [6, 6.07) is 1.40. The van der Waals surface area contributed by atoms with Gasteiger partial charge in [-0.3, -0.25) is 0 Å². The number of aromatic nitrogens is 2. The third kappa shape index (κ3) is 1.81. The van der Waals surface area contributed by atoms with Crippen molar-refractivity contribution < 1.29 is 18.9 Å². The summed E-state index contributed by atoms with van der Waals surface area (Å²) >= 11 is 0. The van der Waals surface area contributed by atoms with Gasteiger partial charge in [0.2, 0.25) is 0 Å². The summed E-state index contributed by atoms with van der Waals surface area (Å²) in [6.07, 6.45) is 0.432. The molecular formula is C10H10N2O4. The van der Waals surface area contributed by atoms with E-state index in [9.17, 15) is 4.79 Å². The summed E-state index contributed by atoms with van der Waals surface area (Å²) in [4.78, 5) is 10.6. The van der Waals surface area contributed by atoms with Gasteiger partial charge in [0.05, 0.1) is 5.69 Å². The van der Waals surface area contributed by atoms with Crippen molar-refractivity contribution in [3.05, 3.63) is 34.5 Å². The van der Waals surface area contributed by atoms with Crippen LogP contribution in [0, 0.1) is 13.8 Å². The second-order valence-electron chi connectivity index (χ2n) is 3.46.